The van der Waals surface area contributed by atoms with Gasteiger partial charge < -0.3 is 10.6 Å². The molecule has 0 amide bonds. The van der Waals surface area contributed by atoms with Gasteiger partial charge in [-0.3, -0.25) is 4.98 Å². The van der Waals surface area contributed by atoms with Crippen molar-refractivity contribution in [3.8, 4) is 0 Å². The molecule has 2 N–H and O–H groups in total. The number of hydrogen-bond acceptors (Lipinski definition) is 3. The molecule has 0 aromatic carbocycles. The van der Waals surface area contributed by atoms with Crippen LogP contribution in [-0.4, -0.2) is 30.0 Å². The minimum absolute atomic E-state index is 0.111. The summed E-state index contributed by atoms with van der Waals surface area (Å²) in [6.07, 6.45) is 3.20. The average molecular weight is 225 g/mol. The largest absolute Gasteiger partial charge is 0.323 e. The van der Waals surface area contributed by atoms with Crippen LogP contribution in [0.4, 0.5) is 4.39 Å². The van der Waals surface area contributed by atoms with Crippen molar-refractivity contribution in [1.82, 2.24) is 9.88 Å². The molecule has 4 heteroatoms. The standard InChI is InChI=1S/C12H20FN3/c1-3-7-16(2)8-6-11(14)12-5-4-10(13)9-15-12/h4-5,9,11H,3,6-8,14H2,1-2H3. The molecular weight excluding hydrogens is 205 g/mol. The predicted molar refractivity (Wildman–Crippen MR) is 63.5 cm³/mol. The lowest BCUT2D eigenvalue weighted by Gasteiger charge is -2.18. The molecule has 1 unspecified atom stereocenters. The monoisotopic (exact) mass is 225 g/mol. The highest BCUT2D eigenvalue weighted by Crippen LogP contribution is 2.11. The molecule has 0 fully saturated rings. The van der Waals surface area contributed by atoms with Gasteiger partial charge in [-0.25, -0.2) is 4.39 Å². The fourth-order valence-electron chi connectivity index (χ4n) is 1.61. The average Bonchev–Trinajstić information content (AvgIpc) is 2.27. The Balaban J connectivity index is 2.40. The molecule has 0 aliphatic heterocycles. The number of halogens is 1. The number of nitrogens with zero attached hydrogens (tertiary/aromatic N) is 2. The highest BCUT2D eigenvalue weighted by Gasteiger charge is 2.08. The van der Waals surface area contributed by atoms with E-state index in [4.69, 9.17) is 5.73 Å². The van der Waals surface area contributed by atoms with Crippen LogP contribution in [0.3, 0.4) is 0 Å². The fraction of sp³-hybridized carbons (Fsp3) is 0.583. The molecule has 3 nitrogen and oxygen atoms in total. The first-order valence-electron chi connectivity index (χ1n) is 5.69. The number of nitrogens with two attached hydrogens (primary N) is 1. The van der Waals surface area contributed by atoms with Gasteiger partial charge in [0.25, 0.3) is 0 Å². The van der Waals surface area contributed by atoms with Gasteiger partial charge in [-0.15, -0.1) is 0 Å². The maximum Gasteiger partial charge on any atom is 0.141 e. The molecule has 0 aliphatic carbocycles. The lowest BCUT2D eigenvalue weighted by atomic mass is 10.1. The van der Waals surface area contributed by atoms with Crippen LogP contribution in [0.5, 0.6) is 0 Å². The molecule has 0 spiro atoms. The molecular formula is C12H20FN3. The molecule has 16 heavy (non-hydrogen) atoms. The highest BCUT2D eigenvalue weighted by molar-refractivity contribution is 5.09. The zero-order valence-corrected chi connectivity index (χ0v) is 9.99. The summed E-state index contributed by atoms with van der Waals surface area (Å²) in [5.41, 5.74) is 6.73. The van der Waals surface area contributed by atoms with Gasteiger partial charge in [0.1, 0.15) is 5.82 Å². The second-order valence-electron chi connectivity index (χ2n) is 4.10. The summed E-state index contributed by atoms with van der Waals surface area (Å²) in [7, 11) is 2.08. The van der Waals surface area contributed by atoms with Crippen molar-refractivity contribution >= 4 is 0 Å². The molecule has 0 radical (unpaired) electrons. The van der Waals surface area contributed by atoms with Gasteiger partial charge in [0, 0.05) is 6.04 Å². The summed E-state index contributed by atoms with van der Waals surface area (Å²) >= 11 is 0. The van der Waals surface area contributed by atoms with Crippen LogP contribution in [0.1, 0.15) is 31.5 Å². The second kappa shape index (κ2) is 6.55. The SMILES string of the molecule is CCCN(C)CCC(N)c1ccc(F)cn1. The Bertz CT molecular complexity index is 300. The first kappa shape index (κ1) is 13.1. The Morgan fingerprint density at radius 3 is 2.75 bits per heavy atom. The molecule has 0 bridgehead atoms. The van der Waals surface area contributed by atoms with E-state index in [9.17, 15) is 4.39 Å². The molecule has 0 saturated heterocycles. The van der Waals surface area contributed by atoms with E-state index in [1.807, 2.05) is 0 Å². The summed E-state index contributed by atoms with van der Waals surface area (Å²) in [4.78, 5) is 6.22. The lowest BCUT2D eigenvalue weighted by Crippen LogP contribution is -2.24. The topological polar surface area (TPSA) is 42.1 Å². The van der Waals surface area contributed by atoms with E-state index in [1.54, 1.807) is 6.07 Å². The van der Waals surface area contributed by atoms with Gasteiger partial charge >= 0.3 is 0 Å². The zero-order chi connectivity index (χ0) is 12.0. The summed E-state index contributed by atoms with van der Waals surface area (Å²) < 4.78 is 12.7. The van der Waals surface area contributed by atoms with E-state index in [-0.39, 0.29) is 11.9 Å². The quantitative estimate of drug-likeness (QED) is 0.804. The van der Waals surface area contributed by atoms with Gasteiger partial charge in [0.2, 0.25) is 0 Å². The van der Waals surface area contributed by atoms with Gasteiger partial charge in [-0.2, -0.15) is 0 Å². The number of aromatic nitrogens is 1. The van der Waals surface area contributed by atoms with Crippen LogP contribution >= 0.6 is 0 Å². The van der Waals surface area contributed by atoms with Crippen molar-refractivity contribution in [3.05, 3.63) is 29.8 Å². The first-order valence-corrected chi connectivity index (χ1v) is 5.69. The first-order chi connectivity index (χ1) is 7.63. The zero-order valence-electron chi connectivity index (χ0n) is 9.99. The van der Waals surface area contributed by atoms with Gasteiger partial charge in [0.15, 0.2) is 0 Å². The fourth-order valence-corrected chi connectivity index (χ4v) is 1.61. The predicted octanol–water partition coefficient (Wildman–Crippen LogP) is 1.95. The minimum atomic E-state index is -0.320. The number of pyridine rings is 1. The summed E-state index contributed by atoms with van der Waals surface area (Å²) in [6.45, 7) is 4.16. The van der Waals surface area contributed by atoms with Crippen LogP contribution in [0, 0.1) is 5.82 Å². The van der Waals surface area contributed by atoms with Crippen LogP contribution < -0.4 is 5.73 Å². The van der Waals surface area contributed by atoms with Crippen molar-refractivity contribution in [3.63, 3.8) is 0 Å². The van der Waals surface area contributed by atoms with E-state index in [1.165, 1.54) is 12.3 Å². The molecule has 1 atom stereocenters. The van der Waals surface area contributed by atoms with Crippen molar-refractivity contribution < 1.29 is 4.39 Å². The summed E-state index contributed by atoms with van der Waals surface area (Å²) in [5, 5.41) is 0. The molecule has 1 heterocycles. The van der Waals surface area contributed by atoms with Gasteiger partial charge in [-0.1, -0.05) is 6.92 Å². The maximum atomic E-state index is 12.7. The van der Waals surface area contributed by atoms with Crippen LogP contribution in [0.15, 0.2) is 18.3 Å². The van der Waals surface area contributed by atoms with E-state index >= 15 is 0 Å². The Morgan fingerprint density at radius 2 is 2.19 bits per heavy atom. The Labute approximate surface area is 96.5 Å². The Kier molecular flexibility index (Phi) is 5.35. The number of hydrogen-bond donors (Lipinski definition) is 1. The van der Waals surface area contributed by atoms with Crippen molar-refractivity contribution in [2.45, 2.75) is 25.8 Å². The second-order valence-corrected chi connectivity index (χ2v) is 4.10. The maximum absolute atomic E-state index is 12.7. The summed E-state index contributed by atoms with van der Waals surface area (Å²) in [5.74, 6) is -0.320. The minimum Gasteiger partial charge on any atom is -0.323 e. The molecule has 1 rings (SSSR count). The Morgan fingerprint density at radius 1 is 1.44 bits per heavy atom. The van der Waals surface area contributed by atoms with Crippen molar-refractivity contribution in [1.29, 1.82) is 0 Å². The van der Waals surface area contributed by atoms with E-state index in [0.717, 1.165) is 31.6 Å². The third-order valence-corrected chi connectivity index (χ3v) is 2.56. The third kappa shape index (κ3) is 4.24. The smallest absolute Gasteiger partial charge is 0.141 e. The molecule has 0 aliphatic rings. The van der Waals surface area contributed by atoms with Crippen molar-refractivity contribution in [2.24, 2.45) is 5.73 Å². The van der Waals surface area contributed by atoms with Crippen LogP contribution in [0.25, 0.3) is 0 Å². The molecule has 90 valence electrons. The highest BCUT2D eigenvalue weighted by atomic mass is 19.1. The van der Waals surface area contributed by atoms with E-state index in [0.29, 0.717) is 0 Å². The summed E-state index contributed by atoms with van der Waals surface area (Å²) in [6, 6.07) is 2.94. The van der Waals surface area contributed by atoms with Gasteiger partial charge in [-0.05, 0) is 45.1 Å². The number of rotatable bonds is 6. The Hall–Kier alpha value is -1.00. The van der Waals surface area contributed by atoms with E-state index < -0.39 is 0 Å². The molecule has 0 saturated carbocycles. The normalized spacial score (nSPS) is 13.1. The van der Waals surface area contributed by atoms with E-state index in [2.05, 4.69) is 23.9 Å². The van der Waals surface area contributed by atoms with Gasteiger partial charge in [0.05, 0.1) is 11.9 Å². The van der Waals surface area contributed by atoms with Crippen molar-refractivity contribution in [2.75, 3.05) is 20.1 Å². The molecule has 1 aromatic rings. The van der Waals surface area contributed by atoms with Crippen LogP contribution in [0.2, 0.25) is 0 Å². The third-order valence-electron chi connectivity index (χ3n) is 2.56. The van der Waals surface area contributed by atoms with Crippen LogP contribution in [-0.2, 0) is 0 Å². The molecule has 1 aromatic heterocycles. The lowest BCUT2D eigenvalue weighted by molar-refractivity contribution is 0.318.